The van der Waals surface area contributed by atoms with Crippen molar-refractivity contribution in [2.75, 3.05) is 18.0 Å². The maximum Gasteiger partial charge on any atom is 0.255 e. The monoisotopic (exact) mass is 423 g/mol. The van der Waals surface area contributed by atoms with E-state index in [0.29, 0.717) is 18.7 Å². The Morgan fingerprint density at radius 3 is 2.35 bits per heavy atom. The van der Waals surface area contributed by atoms with Crippen LogP contribution in [0.2, 0.25) is 0 Å². The van der Waals surface area contributed by atoms with Gasteiger partial charge in [0.2, 0.25) is 0 Å². The number of hydrogen-bond donors (Lipinski definition) is 0. The minimum atomic E-state index is -0.860. The summed E-state index contributed by atoms with van der Waals surface area (Å²) < 4.78 is 41.8. The first-order valence-corrected chi connectivity index (χ1v) is 9.90. The molecule has 3 aromatic rings. The molecule has 158 valence electrons. The third-order valence-electron chi connectivity index (χ3n) is 5.46. The molecule has 0 radical (unpaired) electrons. The first-order chi connectivity index (χ1) is 14.9. The summed E-state index contributed by atoms with van der Waals surface area (Å²) in [5, 5.41) is 0. The van der Waals surface area contributed by atoms with E-state index in [4.69, 9.17) is 0 Å². The Bertz CT molecular complexity index is 1140. The summed E-state index contributed by atoms with van der Waals surface area (Å²) >= 11 is 0. The number of nitrogens with zero attached hydrogens (tertiary/aromatic N) is 3. The van der Waals surface area contributed by atoms with Gasteiger partial charge in [0.25, 0.3) is 5.95 Å². The van der Waals surface area contributed by atoms with Crippen molar-refractivity contribution in [3.05, 3.63) is 94.7 Å². The third kappa shape index (κ3) is 4.35. The number of ketones is 1. The second-order valence-electron chi connectivity index (χ2n) is 7.49. The van der Waals surface area contributed by atoms with Gasteiger partial charge in [0.15, 0.2) is 11.6 Å². The van der Waals surface area contributed by atoms with E-state index in [1.165, 1.54) is 24.0 Å². The molecule has 0 N–H and O–H groups in total. The van der Waals surface area contributed by atoms with Gasteiger partial charge in [0.05, 0.1) is 5.56 Å². The summed E-state index contributed by atoms with van der Waals surface area (Å²) in [6.07, 6.45) is 3.44. The Balaban J connectivity index is 1.52. The first-order valence-electron chi connectivity index (χ1n) is 9.90. The smallest absolute Gasteiger partial charge is 0.255 e. The van der Waals surface area contributed by atoms with Gasteiger partial charge in [-0.05, 0) is 42.2 Å². The summed E-state index contributed by atoms with van der Waals surface area (Å²) in [4.78, 5) is 22.0. The van der Waals surface area contributed by atoms with Crippen LogP contribution in [0.5, 0.6) is 0 Å². The van der Waals surface area contributed by atoms with Crippen LogP contribution in [0.25, 0.3) is 5.57 Å². The molecule has 0 saturated carbocycles. The lowest BCUT2D eigenvalue weighted by Gasteiger charge is -2.31. The lowest BCUT2D eigenvalue weighted by molar-refractivity contribution is 0.0985. The molecule has 0 spiro atoms. The van der Waals surface area contributed by atoms with Crippen LogP contribution in [0, 0.1) is 17.6 Å². The predicted octanol–water partition coefficient (Wildman–Crippen LogP) is 5.00. The van der Waals surface area contributed by atoms with Gasteiger partial charge in [-0.1, -0.05) is 35.9 Å². The van der Waals surface area contributed by atoms with Crippen LogP contribution in [0.4, 0.5) is 19.0 Å². The van der Waals surface area contributed by atoms with Crippen molar-refractivity contribution >= 4 is 17.2 Å². The van der Waals surface area contributed by atoms with E-state index in [0.717, 1.165) is 29.7 Å². The molecular weight excluding hydrogens is 403 g/mol. The molecule has 0 atom stereocenters. The van der Waals surface area contributed by atoms with Gasteiger partial charge in [0, 0.05) is 31.9 Å². The maximum atomic E-state index is 14.1. The molecule has 0 bridgehead atoms. The van der Waals surface area contributed by atoms with Gasteiger partial charge in [-0.15, -0.1) is 0 Å². The van der Waals surface area contributed by atoms with Crippen LogP contribution < -0.4 is 4.90 Å². The molecule has 0 aliphatic carbocycles. The molecule has 1 aliphatic rings. The number of benzene rings is 2. The molecule has 4 rings (SSSR count). The number of Topliss-reactive ketones (excluding diaryl/α,β-unsaturated/α-hetero) is 1. The fourth-order valence-electron chi connectivity index (χ4n) is 3.76. The predicted molar refractivity (Wildman–Crippen MR) is 112 cm³/mol. The maximum absolute atomic E-state index is 14.1. The number of halogens is 3. The topological polar surface area (TPSA) is 46.1 Å². The van der Waals surface area contributed by atoms with Crippen LogP contribution in [0.1, 0.15) is 34.8 Å². The lowest BCUT2D eigenvalue weighted by Crippen LogP contribution is -2.32. The number of anilines is 1. The number of carbonyl (C=O) groups excluding carboxylic acids is 1. The minimum Gasteiger partial charge on any atom is -0.348 e. The lowest BCUT2D eigenvalue weighted by atomic mass is 9.93. The zero-order valence-electron chi connectivity index (χ0n) is 16.9. The quantitative estimate of drug-likeness (QED) is 0.542. The van der Waals surface area contributed by atoms with Gasteiger partial charge < -0.3 is 4.90 Å². The van der Waals surface area contributed by atoms with Crippen LogP contribution in [-0.2, 0) is 6.42 Å². The summed E-state index contributed by atoms with van der Waals surface area (Å²) in [5.74, 6) is -2.71. The number of hydrogen-bond acceptors (Lipinski definition) is 4. The second kappa shape index (κ2) is 8.71. The average Bonchev–Trinajstić information content (AvgIpc) is 2.75. The molecule has 7 heteroatoms. The van der Waals surface area contributed by atoms with E-state index in [1.807, 2.05) is 24.0 Å². The summed E-state index contributed by atoms with van der Waals surface area (Å²) in [6.45, 7) is 3.17. The Morgan fingerprint density at radius 1 is 1.00 bits per heavy atom. The van der Waals surface area contributed by atoms with E-state index < -0.39 is 28.9 Å². The summed E-state index contributed by atoms with van der Waals surface area (Å²) in [7, 11) is 0. The summed E-state index contributed by atoms with van der Waals surface area (Å²) in [6, 6.07) is 10.7. The van der Waals surface area contributed by atoms with Crippen LogP contribution in [0.15, 0.2) is 60.4 Å². The molecule has 31 heavy (non-hydrogen) atoms. The van der Waals surface area contributed by atoms with Crippen LogP contribution in [-0.4, -0.2) is 28.8 Å². The van der Waals surface area contributed by atoms with E-state index in [2.05, 4.69) is 9.97 Å². The van der Waals surface area contributed by atoms with Crippen LogP contribution >= 0.6 is 0 Å². The largest absolute Gasteiger partial charge is 0.348 e. The molecule has 0 fully saturated rings. The van der Waals surface area contributed by atoms with Crippen molar-refractivity contribution in [2.24, 2.45) is 0 Å². The molecule has 2 aromatic carbocycles. The van der Waals surface area contributed by atoms with Crippen molar-refractivity contribution in [2.45, 2.75) is 19.8 Å². The van der Waals surface area contributed by atoms with Crippen molar-refractivity contribution < 1.29 is 18.0 Å². The molecule has 2 heterocycles. The third-order valence-corrected chi connectivity index (χ3v) is 5.46. The Labute approximate surface area is 178 Å². The molecule has 1 aliphatic heterocycles. The molecule has 0 amide bonds. The Morgan fingerprint density at radius 2 is 1.68 bits per heavy atom. The van der Waals surface area contributed by atoms with E-state index in [-0.39, 0.29) is 12.2 Å². The number of rotatable bonds is 5. The van der Waals surface area contributed by atoms with Crippen LogP contribution in [0.3, 0.4) is 0 Å². The van der Waals surface area contributed by atoms with Gasteiger partial charge in [-0.3, -0.25) is 4.79 Å². The number of aromatic nitrogens is 2. The minimum absolute atomic E-state index is 0.104. The highest BCUT2D eigenvalue weighted by Crippen LogP contribution is 2.29. The van der Waals surface area contributed by atoms with Gasteiger partial charge in [0.1, 0.15) is 11.6 Å². The zero-order chi connectivity index (χ0) is 22.0. The normalized spacial score (nSPS) is 14.1. The van der Waals surface area contributed by atoms with E-state index >= 15 is 0 Å². The molecule has 4 nitrogen and oxygen atoms in total. The van der Waals surface area contributed by atoms with Gasteiger partial charge in [-0.2, -0.15) is 4.39 Å². The average molecular weight is 423 g/mol. The zero-order valence-corrected chi connectivity index (χ0v) is 16.9. The Hall–Kier alpha value is -3.48. The highest BCUT2D eigenvalue weighted by Gasteiger charge is 2.22. The highest BCUT2D eigenvalue weighted by molar-refractivity contribution is 5.98. The molecular formula is C24H20F3N3O. The van der Waals surface area contributed by atoms with E-state index in [1.54, 1.807) is 12.1 Å². The fraction of sp³-hybridized carbons (Fsp3) is 0.208. The Kier molecular flexibility index (Phi) is 5.84. The van der Waals surface area contributed by atoms with E-state index in [9.17, 15) is 18.0 Å². The molecule has 0 saturated heterocycles. The SMILES string of the molecule is CC1=C(c2ccc(CC(=O)c3c(F)cccc3F)cc2)CN(c2nccnc2F)CC1. The van der Waals surface area contributed by atoms with Gasteiger partial charge >= 0.3 is 0 Å². The van der Waals surface area contributed by atoms with Gasteiger partial charge in [-0.25, -0.2) is 18.7 Å². The summed E-state index contributed by atoms with van der Waals surface area (Å²) in [5.41, 5.74) is 3.33. The molecule has 0 unspecified atom stereocenters. The molecule has 1 aromatic heterocycles. The fourth-order valence-corrected chi connectivity index (χ4v) is 3.76. The van der Waals surface area contributed by atoms with Crippen molar-refractivity contribution in [1.82, 2.24) is 9.97 Å². The second-order valence-corrected chi connectivity index (χ2v) is 7.49. The standard InChI is InChI=1S/C24H20F3N3O/c1-15-9-12-30(24-23(27)28-10-11-29-24)14-18(15)17-7-5-16(6-8-17)13-21(31)22-19(25)3-2-4-20(22)26/h2-8,10-11H,9,12-14H2,1H3. The number of carbonyl (C=O) groups is 1. The first kappa shape index (κ1) is 20.8. The van der Waals surface area contributed by atoms with Crippen molar-refractivity contribution in [3.63, 3.8) is 0 Å². The van der Waals surface area contributed by atoms with Crippen molar-refractivity contribution in [3.8, 4) is 0 Å². The highest BCUT2D eigenvalue weighted by atomic mass is 19.1. The van der Waals surface area contributed by atoms with Crippen molar-refractivity contribution in [1.29, 1.82) is 0 Å².